The molecule has 0 amide bonds. The van der Waals surface area contributed by atoms with E-state index in [1.54, 1.807) is 15.9 Å². The Bertz CT molecular complexity index is 931. The smallest absolute Gasteiger partial charge is 0.259 e. The van der Waals surface area contributed by atoms with Gasteiger partial charge in [-0.2, -0.15) is 0 Å². The minimum Gasteiger partial charge on any atom is -0.309 e. The van der Waals surface area contributed by atoms with Gasteiger partial charge in [-0.3, -0.25) is 4.79 Å². The summed E-state index contributed by atoms with van der Waals surface area (Å²) < 4.78 is 4.70. The van der Waals surface area contributed by atoms with E-state index in [-0.39, 0.29) is 5.56 Å². The van der Waals surface area contributed by atoms with E-state index in [0.717, 1.165) is 21.4 Å². The molecule has 0 bridgehead atoms. The van der Waals surface area contributed by atoms with Crippen molar-refractivity contribution < 1.29 is 0 Å². The summed E-state index contributed by atoms with van der Waals surface area (Å²) in [5, 5.41) is 2.72. The quantitative estimate of drug-likeness (QED) is 0.567. The first-order valence-electron chi connectivity index (χ1n) is 6.30. The molecule has 0 fully saturated rings. The van der Waals surface area contributed by atoms with Crippen molar-refractivity contribution >= 4 is 27.1 Å². The lowest BCUT2D eigenvalue weighted by atomic mass is 10.3. The molecular weight excluding hydrogens is 270 g/mol. The molecule has 0 N–H and O–H groups in total. The molecule has 0 saturated heterocycles. The molecule has 0 spiro atoms. The lowest BCUT2D eigenvalue weighted by Gasteiger charge is -2.02. The van der Waals surface area contributed by atoms with E-state index in [4.69, 9.17) is 0 Å². The zero-order valence-corrected chi connectivity index (χ0v) is 11.4. The molecule has 0 aliphatic rings. The van der Waals surface area contributed by atoms with E-state index in [1.807, 2.05) is 58.7 Å². The summed E-state index contributed by atoms with van der Waals surface area (Å²) in [7, 11) is 0. The summed E-state index contributed by atoms with van der Waals surface area (Å²) in [5.74, 6) is 0. The van der Waals surface area contributed by atoms with Gasteiger partial charge in [0.05, 0.1) is 17.6 Å². The van der Waals surface area contributed by atoms with E-state index in [2.05, 4.69) is 4.98 Å². The Kier molecular flexibility index (Phi) is 2.47. The number of hydrogen-bond donors (Lipinski definition) is 0. The van der Waals surface area contributed by atoms with E-state index < -0.39 is 0 Å². The van der Waals surface area contributed by atoms with Crippen LogP contribution in [0.3, 0.4) is 0 Å². The third-order valence-corrected chi connectivity index (χ3v) is 4.22. The first-order valence-corrected chi connectivity index (χ1v) is 7.18. The van der Waals surface area contributed by atoms with Gasteiger partial charge in [-0.05, 0) is 29.6 Å². The van der Waals surface area contributed by atoms with E-state index in [0.29, 0.717) is 6.54 Å². The monoisotopic (exact) mass is 281 g/mol. The summed E-state index contributed by atoms with van der Waals surface area (Å²) in [6.45, 7) is 0.492. The van der Waals surface area contributed by atoms with Gasteiger partial charge in [-0.25, -0.2) is 4.98 Å². The van der Waals surface area contributed by atoms with Crippen LogP contribution in [0.5, 0.6) is 0 Å². The van der Waals surface area contributed by atoms with Crippen LogP contribution in [0.2, 0.25) is 0 Å². The number of aromatic nitrogens is 3. The van der Waals surface area contributed by atoms with Crippen LogP contribution < -0.4 is 5.56 Å². The summed E-state index contributed by atoms with van der Waals surface area (Å²) in [4.78, 5) is 16.9. The van der Waals surface area contributed by atoms with Crippen LogP contribution in [0.15, 0.2) is 59.1 Å². The van der Waals surface area contributed by atoms with Gasteiger partial charge in [0.2, 0.25) is 0 Å². The standard InChI is InChI=1S/C15H11N3OS/c19-15-12-5-8-20-13(12)4-7-18(15)10-11-9-17-6-2-1-3-14(17)16-11/h1-9H,10H2. The van der Waals surface area contributed by atoms with Crippen LogP contribution in [0.25, 0.3) is 15.7 Å². The molecule has 20 heavy (non-hydrogen) atoms. The van der Waals surface area contributed by atoms with Gasteiger partial charge >= 0.3 is 0 Å². The predicted octanol–water partition coefficient (Wildman–Crippen LogP) is 2.76. The highest BCUT2D eigenvalue weighted by molar-refractivity contribution is 7.17. The van der Waals surface area contributed by atoms with Gasteiger partial charge < -0.3 is 8.97 Å². The molecule has 0 aromatic carbocycles. The SMILES string of the molecule is O=c1c2ccsc2ccn1Cc1cn2ccccc2n1. The summed E-state index contributed by atoms with van der Waals surface area (Å²) in [6, 6.07) is 9.73. The molecule has 0 saturated carbocycles. The van der Waals surface area contributed by atoms with Crippen LogP contribution in [-0.2, 0) is 6.54 Å². The zero-order valence-electron chi connectivity index (χ0n) is 10.6. The van der Waals surface area contributed by atoms with Crippen LogP contribution in [0, 0.1) is 0 Å². The van der Waals surface area contributed by atoms with Crippen molar-refractivity contribution in [2.24, 2.45) is 0 Å². The van der Waals surface area contributed by atoms with Crippen LogP contribution >= 0.6 is 11.3 Å². The fourth-order valence-electron chi connectivity index (χ4n) is 2.37. The number of rotatable bonds is 2. The van der Waals surface area contributed by atoms with Crippen molar-refractivity contribution in [2.45, 2.75) is 6.54 Å². The molecule has 0 atom stereocenters. The molecule has 5 heteroatoms. The molecule has 0 radical (unpaired) electrons. The first-order chi connectivity index (χ1) is 9.81. The molecule has 4 aromatic rings. The maximum atomic E-state index is 12.3. The summed E-state index contributed by atoms with van der Waals surface area (Å²) in [6.07, 6.45) is 5.75. The Morgan fingerprint density at radius 1 is 1.15 bits per heavy atom. The molecule has 0 unspecified atom stereocenters. The van der Waals surface area contributed by atoms with Crippen molar-refractivity contribution in [2.75, 3.05) is 0 Å². The minimum atomic E-state index is 0.0424. The highest BCUT2D eigenvalue weighted by atomic mass is 32.1. The number of nitrogens with zero attached hydrogens (tertiary/aromatic N) is 3. The molecule has 98 valence electrons. The van der Waals surface area contributed by atoms with Crippen molar-refractivity contribution in [1.82, 2.24) is 14.0 Å². The van der Waals surface area contributed by atoms with Crippen molar-refractivity contribution in [3.05, 3.63) is 70.4 Å². The molecule has 4 nitrogen and oxygen atoms in total. The summed E-state index contributed by atoms with van der Waals surface area (Å²) >= 11 is 1.59. The highest BCUT2D eigenvalue weighted by Crippen LogP contribution is 2.16. The third kappa shape index (κ3) is 1.75. The third-order valence-electron chi connectivity index (χ3n) is 3.34. The fourth-order valence-corrected chi connectivity index (χ4v) is 3.14. The lowest BCUT2D eigenvalue weighted by molar-refractivity contribution is 0.752. The number of hydrogen-bond acceptors (Lipinski definition) is 3. The summed E-state index contributed by atoms with van der Waals surface area (Å²) in [5.41, 5.74) is 1.82. The minimum absolute atomic E-state index is 0.0424. The Labute approximate surface area is 118 Å². The Balaban J connectivity index is 1.80. The van der Waals surface area contributed by atoms with Crippen LogP contribution in [0.4, 0.5) is 0 Å². The van der Waals surface area contributed by atoms with Crippen molar-refractivity contribution in [3.63, 3.8) is 0 Å². The largest absolute Gasteiger partial charge is 0.309 e. The van der Waals surface area contributed by atoms with E-state index in [9.17, 15) is 4.79 Å². The van der Waals surface area contributed by atoms with Gasteiger partial charge in [-0.1, -0.05) is 6.07 Å². The fraction of sp³-hybridized carbons (Fsp3) is 0.0667. The van der Waals surface area contributed by atoms with Gasteiger partial charge in [0, 0.05) is 23.3 Å². The lowest BCUT2D eigenvalue weighted by Crippen LogP contribution is -2.19. The van der Waals surface area contributed by atoms with E-state index >= 15 is 0 Å². The van der Waals surface area contributed by atoms with Gasteiger partial charge in [0.15, 0.2) is 0 Å². The van der Waals surface area contributed by atoms with Gasteiger partial charge in [0.1, 0.15) is 5.65 Å². The molecular formula is C15H11N3OS. The van der Waals surface area contributed by atoms with Crippen LogP contribution in [0.1, 0.15) is 5.69 Å². The Hall–Kier alpha value is -2.40. The molecule has 4 heterocycles. The number of pyridine rings is 2. The molecule has 0 aliphatic heterocycles. The van der Waals surface area contributed by atoms with Gasteiger partial charge in [-0.15, -0.1) is 11.3 Å². The van der Waals surface area contributed by atoms with Crippen molar-refractivity contribution in [3.8, 4) is 0 Å². The Morgan fingerprint density at radius 2 is 2.10 bits per heavy atom. The van der Waals surface area contributed by atoms with Gasteiger partial charge in [0.25, 0.3) is 5.56 Å². The average Bonchev–Trinajstić information content (AvgIpc) is 3.08. The number of fused-ring (bicyclic) bond motifs is 2. The molecule has 4 rings (SSSR count). The second kappa shape index (κ2) is 4.31. The van der Waals surface area contributed by atoms with Crippen molar-refractivity contribution in [1.29, 1.82) is 0 Å². The number of imidazole rings is 1. The van der Waals surface area contributed by atoms with E-state index in [1.165, 1.54) is 0 Å². The predicted molar refractivity (Wildman–Crippen MR) is 80.4 cm³/mol. The first kappa shape index (κ1) is 11.4. The topological polar surface area (TPSA) is 39.3 Å². The number of thiophene rings is 1. The Morgan fingerprint density at radius 3 is 3.00 bits per heavy atom. The normalized spacial score (nSPS) is 11.4. The molecule has 4 aromatic heterocycles. The maximum Gasteiger partial charge on any atom is 0.259 e. The highest BCUT2D eigenvalue weighted by Gasteiger charge is 2.06. The van der Waals surface area contributed by atoms with Crippen LogP contribution in [-0.4, -0.2) is 14.0 Å². The maximum absolute atomic E-state index is 12.3. The average molecular weight is 281 g/mol. The second-order valence-electron chi connectivity index (χ2n) is 4.65. The molecule has 0 aliphatic carbocycles. The second-order valence-corrected chi connectivity index (χ2v) is 5.59. The zero-order chi connectivity index (χ0) is 13.5.